The highest BCUT2D eigenvalue weighted by Crippen LogP contribution is 2.47. The highest BCUT2D eigenvalue weighted by Gasteiger charge is 2.40. The Balaban J connectivity index is 1.58. The molecule has 0 aromatic heterocycles. The van der Waals surface area contributed by atoms with Crippen LogP contribution in [-0.2, 0) is 0 Å². The van der Waals surface area contributed by atoms with Gasteiger partial charge in [-0.25, -0.2) is 5.01 Å². The molecule has 2 aliphatic heterocycles. The molecule has 0 fully saturated rings. The number of nitrogens with zero attached hydrogens (tertiary/aromatic N) is 2. The Morgan fingerprint density at radius 1 is 0.967 bits per heavy atom. The lowest BCUT2D eigenvalue weighted by molar-refractivity contribution is -0.0190. The minimum Gasteiger partial charge on any atom is -0.493 e. The van der Waals surface area contributed by atoms with E-state index in [1.165, 1.54) is 0 Å². The monoisotopic (exact) mass is 464 g/mol. The SMILES string of the molecule is COc1ccc(C2=NN3[C@H](C2)c2ccccc2O[C@@H]3c2cccc(Br)c2)cc1OC. The average molecular weight is 465 g/mol. The predicted octanol–water partition coefficient (Wildman–Crippen LogP) is 5.71. The van der Waals surface area contributed by atoms with Crippen molar-refractivity contribution in [2.45, 2.75) is 18.7 Å². The number of rotatable bonds is 4. The van der Waals surface area contributed by atoms with Crippen molar-refractivity contribution in [1.29, 1.82) is 0 Å². The first kappa shape index (κ1) is 19.0. The van der Waals surface area contributed by atoms with Crippen LogP contribution in [0.1, 0.15) is 35.4 Å². The number of hydrogen-bond donors (Lipinski definition) is 0. The molecule has 30 heavy (non-hydrogen) atoms. The van der Waals surface area contributed by atoms with Gasteiger partial charge in [0.15, 0.2) is 11.5 Å². The molecule has 3 aromatic carbocycles. The zero-order valence-corrected chi connectivity index (χ0v) is 18.3. The second kappa shape index (κ2) is 7.69. The minimum absolute atomic E-state index is 0.113. The number of methoxy groups -OCH3 is 2. The summed E-state index contributed by atoms with van der Waals surface area (Å²) in [7, 11) is 3.29. The van der Waals surface area contributed by atoms with Crippen LogP contribution in [0.5, 0.6) is 17.2 Å². The fourth-order valence-corrected chi connectivity index (χ4v) is 4.52. The van der Waals surface area contributed by atoms with E-state index in [1.54, 1.807) is 14.2 Å². The molecule has 5 rings (SSSR count). The molecule has 0 bridgehead atoms. The lowest BCUT2D eigenvalue weighted by atomic mass is 9.96. The van der Waals surface area contributed by atoms with Gasteiger partial charge in [0.1, 0.15) is 5.75 Å². The molecule has 0 spiro atoms. The van der Waals surface area contributed by atoms with Crippen molar-refractivity contribution in [1.82, 2.24) is 5.01 Å². The van der Waals surface area contributed by atoms with E-state index in [0.717, 1.165) is 39.0 Å². The largest absolute Gasteiger partial charge is 0.493 e. The number of ether oxygens (including phenoxy) is 3. The highest BCUT2D eigenvalue weighted by atomic mass is 79.9. The molecule has 3 aromatic rings. The standard InChI is InChI=1S/C24H21BrN2O3/c1-28-22-11-10-15(13-23(22)29-2)19-14-20-18-8-3-4-9-21(18)30-24(27(20)26-19)16-6-5-7-17(25)12-16/h3-13,20,24H,14H2,1-2H3/t20-,24-/m1/s1. The zero-order valence-electron chi connectivity index (χ0n) is 16.7. The van der Waals surface area contributed by atoms with E-state index < -0.39 is 0 Å². The van der Waals surface area contributed by atoms with Crippen LogP contribution in [0.25, 0.3) is 0 Å². The lowest BCUT2D eigenvalue weighted by Crippen LogP contribution is -2.33. The third kappa shape index (κ3) is 3.21. The Labute approximate surface area is 184 Å². The molecule has 0 unspecified atom stereocenters. The van der Waals surface area contributed by atoms with Gasteiger partial charge in [-0.05, 0) is 36.4 Å². The topological polar surface area (TPSA) is 43.3 Å². The fraction of sp³-hybridized carbons (Fsp3) is 0.208. The highest BCUT2D eigenvalue weighted by molar-refractivity contribution is 9.10. The second-order valence-corrected chi connectivity index (χ2v) is 8.20. The lowest BCUT2D eigenvalue weighted by Gasteiger charge is -2.38. The maximum absolute atomic E-state index is 6.41. The molecular formula is C24H21BrN2O3. The summed E-state index contributed by atoms with van der Waals surface area (Å²) in [6.45, 7) is 0. The number of hydrogen-bond acceptors (Lipinski definition) is 5. The number of hydrazone groups is 1. The smallest absolute Gasteiger partial charge is 0.213 e. The zero-order chi connectivity index (χ0) is 20.7. The molecule has 0 saturated carbocycles. The molecule has 2 atom stereocenters. The number of fused-ring (bicyclic) bond motifs is 3. The Bertz CT molecular complexity index is 1130. The molecule has 2 heterocycles. The molecule has 6 heteroatoms. The van der Waals surface area contributed by atoms with E-state index >= 15 is 0 Å². The van der Waals surface area contributed by atoms with Crippen molar-refractivity contribution in [3.8, 4) is 17.2 Å². The first-order chi connectivity index (χ1) is 14.7. The van der Waals surface area contributed by atoms with Crippen molar-refractivity contribution in [3.63, 3.8) is 0 Å². The van der Waals surface area contributed by atoms with Crippen molar-refractivity contribution in [2.24, 2.45) is 5.10 Å². The Hall–Kier alpha value is -2.99. The van der Waals surface area contributed by atoms with E-state index in [-0.39, 0.29) is 12.3 Å². The van der Waals surface area contributed by atoms with Crippen LogP contribution >= 0.6 is 15.9 Å². The second-order valence-electron chi connectivity index (χ2n) is 7.28. The van der Waals surface area contributed by atoms with Gasteiger partial charge in [0.25, 0.3) is 0 Å². The summed E-state index contributed by atoms with van der Waals surface area (Å²) < 4.78 is 18.3. The first-order valence-electron chi connectivity index (χ1n) is 9.77. The molecule has 0 radical (unpaired) electrons. The van der Waals surface area contributed by atoms with E-state index in [0.29, 0.717) is 11.5 Å². The molecule has 0 saturated heterocycles. The number of halogens is 1. The van der Waals surface area contributed by atoms with Crippen molar-refractivity contribution in [2.75, 3.05) is 14.2 Å². The van der Waals surface area contributed by atoms with Crippen molar-refractivity contribution in [3.05, 3.63) is 87.9 Å². The van der Waals surface area contributed by atoms with Crippen LogP contribution in [0.4, 0.5) is 0 Å². The van der Waals surface area contributed by atoms with Crippen LogP contribution < -0.4 is 14.2 Å². The van der Waals surface area contributed by atoms with Crippen LogP contribution in [0.3, 0.4) is 0 Å². The number of benzene rings is 3. The van der Waals surface area contributed by atoms with Crippen LogP contribution in [0.2, 0.25) is 0 Å². The average Bonchev–Trinajstić information content (AvgIpc) is 3.24. The first-order valence-corrected chi connectivity index (χ1v) is 10.6. The minimum atomic E-state index is -0.292. The Kier molecular flexibility index (Phi) is 4.87. The third-order valence-corrected chi connectivity index (χ3v) is 6.04. The summed E-state index contributed by atoms with van der Waals surface area (Å²) in [5.41, 5.74) is 4.23. The normalized spacial score (nSPS) is 19.4. The van der Waals surface area contributed by atoms with Crippen LogP contribution in [-0.4, -0.2) is 24.9 Å². The summed E-state index contributed by atoms with van der Waals surface area (Å²) in [6, 6.07) is 22.5. The Morgan fingerprint density at radius 3 is 2.60 bits per heavy atom. The third-order valence-electron chi connectivity index (χ3n) is 5.55. The van der Waals surface area contributed by atoms with Gasteiger partial charge in [0.2, 0.25) is 6.23 Å². The quantitative estimate of drug-likeness (QED) is 0.495. The van der Waals surface area contributed by atoms with Gasteiger partial charge in [-0.1, -0.05) is 46.3 Å². The molecule has 152 valence electrons. The summed E-state index contributed by atoms with van der Waals surface area (Å²) in [6.07, 6.45) is 0.500. The number of para-hydroxylation sites is 1. The van der Waals surface area contributed by atoms with E-state index in [2.05, 4.69) is 39.1 Å². The van der Waals surface area contributed by atoms with E-state index in [1.807, 2.05) is 48.5 Å². The van der Waals surface area contributed by atoms with E-state index in [4.69, 9.17) is 19.3 Å². The van der Waals surface area contributed by atoms with Gasteiger partial charge in [-0.2, -0.15) is 5.10 Å². The van der Waals surface area contributed by atoms with Gasteiger partial charge in [0.05, 0.1) is 26.0 Å². The van der Waals surface area contributed by atoms with Crippen LogP contribution in [0, 0.1) is 0 Å². The summed E-state index contributed by atoms with van der Waals surface area (Å²) in [5.74, 6) is 2.31. The maximum atomic E-state index is 6.41. The predicted molar refractivity (Wildman–Crippen MR) is 119 cm³/mol. The molecular weight excluding hydrogens is 444 g/mol. The van der Waals surface area contributed by atoms with Gasteiger partial charge in [-0.15, -0.1) is 0 Å². The fourth-order valence-electron chi connectivity index (χ4n) is 4.10. The molecule has 5 nitrogen and oxygen atoms in total. The summed E-state index contributed by atoms with van der Waals surface area (Å²) in [4.78, 5) is 0. The van der Waals surface area contributed by atoms with Gasteiger partial charge in [0, 0.05) is 27.6 Å². The molecule has 0 amide bonds. The van der Waals surface area contributed by atoms with Crippen LogP contribution in [0.15, 0.2) is 76.3 Å². The maximum Gasteiger partial charge on any atom is 0.213 e. The van der Waals surface area contributed by atoms with Crippen molar-refractivity contribution >= 4 is 21.6 Å². The van der Waals surface area contributed by atoms with Gasteiger partial charge in [-0.3, -0.25) is 0 Å². The van der Waals surface area contributed by atoms with Gasteiger partial charge < -0.3 is 14.2 Å². The van der Waals surface area contributed by atoms with Crippen molar-refractivity contribution < 1.29 is 14.2 Å². The summed E-state index contributed by atoms with van der Waals surface area (Å²) in [5, 5.41) is 7.09. The van der Waals surface area contributed by atoms with E-state index in [9.17, 15) is 0 Å². The molecule has 2 aliphatic rings. The van der Waals surface area contributed by atoms with Gasteiger partial charge >= 0.3 is 0 Å². The molecule has 0 N–H and O–H groups in total. The summed E-state index contributed by atoms with van der Waals surface area (Å²) >= 11 is 3.58. The molecule has 0 aliphatic carbocycles. The Morgan fingerprint density at radius 2 is 1.80 bits per heavy atom.